The van der Waals surface area contributed by atoms with Crippen LogP contribution in [0.2, 0.25) is 0 Å². The number of amides is 1. The molecule has 0 saturated carbocycles. The lowest BCUT2D eigenvalue weighted by Gasteiger charge is -2.28. The molecule has 3 rings (SSSR count). The first-order valence-electron chi connectivity index (χ1n) is 12.1. The fraction of sp³-hybridized carbons (Fsp3) is 0.536. The van der Waals surface area contributed by atoms with E-state index in [4.69, 9.17) is 4.74 Å². The summed E-state index contributed by atoms with van der Waals surface area (Å²) >= 11 is 0. The number of carbonyl (C=O) groups is 1. The van der Waals surface area contributed by atoms with E-state index in [2.05, 4.69) is 82.4 Å². The Bertz CT molecular complexity index is 884. The zero-order chi connectivity index (χ0) is 22.4. The molecule has 0 heterocycles. The average molecular weight is 422 g/mol. The van der Waals surface area contributed by atoms with Crippen molar-refractivity contribution < 1.29 is 9.53 Å². The molecule has 0 bridgehead atoms. The summed E-state index contributed by atoms with van der Waals surface area (Å²) in [5, 5.41) is 3.05. The zero-order valence-electron chi connectivity index (χ0n) is 20.0. The standard InChI is InChI=1S/C28H39NO2/c1-6-9-10-13-20(4)21-16-17-24-25(18-21)22-14-11-12-15-23(22)26(24)19-31-27(30)29-28(5,7-2)8-3/h11-12,14-18,20,26H,6-10,13,19H2,1-5H3,(H,29,30). The predicted molar refractivity (Wildman–Crippen MR) is 130 cm³/mol. The van der Waals surface area contributed by atoms with Crippen molar-refractivity contribution in [2.75, 3.05) is 6.61 Å². The Hall–Kier alpha value is -2.29. The first-order chi connectivity index (χ1) is 14.9. The smallest absolute Gasteiger partial charge is 0.407 e. The van der Waals surface area contributed by atoms with Crippen LogP contribution in [0.5, 0.6) is 0 Å². The van der Waals surface area contributed by atoms with Crippen LogP contribution in [0.4, 0.5) is 4.79 Å². The molecule has 2 atom stereocenters. The molecule has 2 aromatic carbocycles. The van der Waals surface area contributed by atoms with Crippen LogP contribution in [0, 0.1) is 0 Å². The maximum Gasteiger partial charge on any atom is 0.407 e. The summed E-state index contributed by atoms with van der Waals surface area (Å²) < 4.78 is 5.73. The van der Waals surface area contributed by atoms with Gasteiger partial charge < -0.3 is 10.1 Å². The van der Waals surface area contributed by atoms with E-state index in [1.54, 1.807) is 0 Å². The summed E-state index contributed by atoms with van der Waals surface area (Å²) in [5.74, 6) is 0.654. The van der Waals surface area contributed by atoms with Crippen molar-refractivity contribution in [2.45, 2.75) is 90.5 Å². The largest absolute Gasteiger partial charge is 0.449 e. The number of unbranched alkanes of at least 4 members (excludes halogenated alkanes) is 2. The maximum absolute atomic E-state index is 12.5. The summed E-state index contributed by atoms with van der Waals surface area (Å²) in [6.07, 6.45) is 6.52. The average Bonchev–Trinajstić information content (AvgIpc) is 3.10. The van der Waals surface area contributed by atoms with E-state index in [0.717, 1.165) is 12.8 Å². The number of alkyl carbamates (subject to hydrolysis) is 1. The molecule has 1 aliphatic carbocycles. The number of hydrogen-bond donors (Lipinski definition) is 1. The molecule has 0 spiro atoms. The quantitative estimate of drug-likeness (QED) is 0.398. The highest BCUT2D eigenvalue weighted by Gasteiger charge is 2.31. The van der Waals surface area contributed by atoms with Crippen molar-refractivity contribution in [3.63, 3.8) is 0 Å². The van der Waals surface area contributed by atoms with Crippen LogP contribution in [0.15, 0.2) is 42.5 Å². The second kappa shape index (κ2) is 10.3. The zero-order valence-corrected chi connectivity index (χ0v) is 20.0. The molecule has 1 aliphatic rings. The molecule has 2 unspecified atom stereocenters. The topological polar surface area (TPSA) is 38.3 Å². The number of benzene rings is 2. The molecule has 0 aromatic heterocycles. The minimum Gasteiger partial charge on any atom is -0.449 e. The third-order valence-electron chi connectivity index (χ3n) is 7.23. The highest BCUT2D eigenvalue weighted by atomic mass is 16.5. The van der Waals surface area contributed by atoms with Crippen LogP contribution in [-0.4, -0.2) is 18.2 Å². The maximum atomic E-state index is 12.5. The Morgan fingerprint density at radius 3 is 2.45 bits per heavy atom. The number of fused-ring (bicyclic) bond motifs is 3. The minimum atomic E-state index is -0.321. The minimum absolute atomic E-state index is 0.0934. The van der Waals surface area contributed by atoms with Gasteiger partial charge in [0.1, 0.15) is 6.61 Å². The van der Waals surface area contributed by atoms with Gasteiger partial charge in [-0.15, -0.1) is 0 Å². The Balaban J connectivity index is 1.78. The van der Waals surface area contributed by atoms with E-state index >= 15 is 0 Å². The molecule has 0 aliphatic heterocycles. The first kappa shape index (κ1) is 23.4. The van der Waals surface area contributed by atoms with Gasteiger partial charge in [-0.3, -0.25) is 0 Å². The van der Waals surface area contributed by atoms with Gasteiger partial charge in [0.2, 0.25) is 0 Å². The Morgan fingerprint density at radius 1 is 1.03 bits per heavy atom. The lowest BCUT2D eigenvalue weighted by atomic mass is 9.91. The molecule has 3 nitrogen and oxygen atoms in total. The van der Waals surface area contributed by atoms with Gasteiger partial charge in [0.05, 0.1) is 0 Å². The van der Waals surface area contributed by atoms with Crippen molar-refractivity contribution in [2.24, 2.45) is 0 Å². The van der Waals surface area contributed by atoms with Crippen LogP contribution in [0.1, 0.15) is 102 Å². The molecule has 1 N–H and O–H groups in total. The van der Waals surface area contributed by atoms with E-state index in [1.165, 1.54) is 53.5 Å². The van der Waals surface area contributed by atoms with E-state index in [0.29, 0.717) is 12.5 Å². The molecule has 0 saturated heterocycles. The number of rotatable bonds is 10. The van der Waals surface area contributed by atoms with Crippen LogP contribution in [0.3, 0.4) is 0 Å². The van der Waals surface area contributed by atoms with Crippen LogP contribution in [-0.2, 0) is 4.74 Å². The molecule has 0 radical (unpaired) electrons. The van der Waals surface area contributed by atoms with Crippen molar-refractivity contribution in [3.05, 3.63) is 59.2 Å². The Kier molecular flexibility index (Phi) is 7.80. The van der Waals surface area contributed by atoms with Gasteiger partial charge in [0.25, 0.3) is 0 Å². The fourth-order valence-corrected chi connectivity index (χ4v) is 4.55. The Labute approximate surface area is 188 Å². The number of carbonyl (C=O) groups excluding carboxylic acids is 1. The van der Waals surface area contributed by atoms with Crippen molar-refractivity contribution in [3.8, 4) is 11.1 Å². The van der Waals surface area contributed by atoms with Gasteiger partial charge in [0.15, 0.2) is 0 Å². The van der Waals surface area contributed by atoms with Gasteiger partial charge in [0, 0.05) is 11.5 Å². The molecule has 168 valence electrons. The van der Waals surface area contributed by atoms with Gasteiger partial charge in [-0.05, 0) is 59.9 Å². The SMILES string of the molecule is CCCCCC(C)c1ccc2c(c1)-c1ccccc1C2COC(=O)NC(C)(CC)CC. The van der Waals surface area contributed by atoms with Crippen LogP contribution < -0.4 is 5.32 Å². The number of ether oxygens (including phenoxy) is 1. The molecule has 1 amide bonds. The van der Waals surface area contributed by atoms with Gasteiger partial charge in [-0.2, -0.15) is 0 Å². The molecule has 0 fully saturated rings. The monoisotopic (exact) mass is 421 g/mol. The van der Waals surface area contributed by atoms with Crippen molar-refractivity contribution >= 4 is 6.09 Å². The van der Waals surface area contributed by atoms with E-state index in [9.17, 15) is 4.79 Å². The molecule has 2 aromatic rings. The second-order valence-corrected chi connectivity index (χ2v) is 9.37. The third-order valence-corrected chi connectivity index (χ3v) is 7.23. The highest BCUT2D eigenvalue weighted by molar-refractivity contribution is 5.79. The lowest BCUT2D eigenvalue weighted by molar-refractivity contribution is 0.129. The van der Waals surface area contributed by atoms with Gasteiger partial charge in [-0.1, -0.05) is 89.4 Å². The summed E-state index contributed by atoms with van der Waals surface area (Å²) in [5.41, 5.74) is 6.30. The van der Waals surface area contributed by atoms with E-state index < -0.39 is 0 Å². The van der Waals surface area contributed by atoms with Crippen molar-refractivity contribution in [1.29, 1.82) is 0 Å². The van der Waals surface area contributed by atoms with Crippen molar-refractivity contribution in [1.82, 2.24) is 5.32 Å². The molecule has 31 heavy (non-hydrogen) atoms. The normalized spacial score (nSPS) is 15.8. The van der Waals surface area contributed by atoms with Gasteiger partial charge in [-0.25, -0.2) is 4.79 Å². The van der Waals surface area contributed by atoms with E-state index in [-0.39, 0.29) is 17.6 Å². The summed E-state index contributed by atoms with van der Waals surface area (Å²) in [4.78, 5) is 12.5. The molecule has 3 heteroatoms. The molecular weight excluding hydrogens is 382 g/mol. The Morgan fingerprint density at radius 2 is 1.74 bits per heavy atom. The summed E-state index contributed by atoms with van der Waals surface area (Å²) in [6.45, 7) is 11.2. The summed E-state index contributed by atoms with van der Waals surface area (Å²) in [7, 11) is 0. The summed E-state index contributed by atoms with van der Waals surface area (Å²) in [6, 6.07) is 15.5. The fourth-order valence-electron chi connectivity index (χ4n) is 4.55. The predicted octanol–water partition coefficient (Wildman–Crippen LogP) is 7.79. The third kappa shape index (κ3) is 5.31. The second-order valence-electron chi connectivity index (χ2n) is 9.37. The highest BCUT2D eigenvalue weighted by Crippen LogP contribution is 2.46. The van der Waals surface area contributed by atoms with Crippen LogP contribution >= 0.6 is 0 Å². The molecular formula is C28H39NO2. The van der Waals surface area contributed by atoms with Gasteiger partial charge >= 0.3 is 6.09 Å². The first-order valence-corrected chi connectivity index (χ1v) is 12.1. The number of nitrogens with one attached hydrogen (secondary N) is 1. The van der Waals surface area contributed by atoms with Crippen LogP contribution in [0.25, 0.3) is 11.1 Å². The number of hydrogen-bond acceptors (Lipinski definition) is 2. The lowest BCUT2D eigenvalue weighted by Crippen LogP contribution is -2.45. The van der Waals surface area contributed by atoms with E-state index in [1.807, 2.05) is 0 Å².